The third-order valence-electron chi connectivity index (χ3n) is 4.23. The van der Waals surface area contributed by atoms with Crippen molar-refractivity contribution in [3.05, 3.63) is 57.6 Å². The normalized spacial score (nSPS) is 10.7. The number of nitrogens with one attached hydrogen (secondary N) is 2. The molecule has 2 aromatic carbocycles. The second kappa shape index (κ2) is 8.75. The van der Waals surface area contributed by atoms with Crippen molar-refractivity contribution in [3.8, 4) is 11.5 Å². The van der Waals surface area contributed by atoms with Crippen molar-refractivity contribution in [2.75, 3.05) is 19.5 Å². The number of para-hydroxylation sites is 1. The van der Waals surface area contributed by atoms with Crippen LogP contribution in [0.2, 0.25) is 5.02 Å². The summed E-state index contributed by atoms with van der Waals surface area (Å²) < 4.78 is 10.4. The summed E-state index contributed by atoms with van der Waals surface area (Å²) in [6.07, 6.45) is 1.26. The molecule has 0 unspecified atom stereocenters. The number of carbonyl (C=O) groups is 1. The van der Waals surface area contributed by atoms with Gasteiger partial charge in [0.2, 0.25) is 5.91 Å². The van der Waals surface area contributed by atoms with Gasteiger partial charge in [0, 0.05) is 25.0 Å². The molecule has 146 valence electrons. The number of halogens is 1. The lowest BCUT2D eigenvalue weighted by atomic mass is 10.2. The first-order chi connectivity index (χ1) is 13.5. The Morgan fingerprint density at radius 1 is 1.18 bits per heavy atom. The van der Waals surface area contributed by atoms with E-state index in [4.69, 9.17) is 21.1 Å². The lowest BCUT2D eigenvalue weighted by Gasteiger charge is -2.13. The summed E-state index contributed by atoms with van der Waals surface area (Å²) in [5.41, 5.74) is 0.942. The minimum absolute atomic E-state index is 0.178. The molecule has 2 N–H and O–H groups in total. The van der Waals surface area contributed by atoms with Gasteiger partial charge in [-0.1, -0.05) is 23.7 Å². The predicted octanol–water partition coefficient (Wildman–Crippen LogP) is 3.56. The number of hydrogen-bond acceptors (Lipinski definition) is 5. The zero-order valence-corrected chi connectivity index (χ0v) is 16.3. The predicted molar refractivity (Wildman–Crippen MR) is 108 cm³/mol. The van der Waals surface area contributed by atoms with Crippen LogP contribution in [0.5, 0.6) is 11.5 Å². The number of aryl methyl sites for hydroxylation is 1. The highest BCUT2D eigenvalue weighted by Gasteiger charge is 2.13. The van der Waals surface area contributed by atoms with Crippen LogP contribution in [-0.4, -0.2) is 30.1 Å². The molecule has 0 aliphatic heterocycles. The van der Waals surface area contributed by atoms with Crippen LogP contribution in [0.25, 0.3) is 10.9 Å². The molecule has 1 aromatic heterocycles. The number of methoxy groups -OCH3 is 2. The maximum absolute atomic E-state index is 12.3. The molecule has 0 bridgehead atoms. The van der Waals surface area contributed by atoms with Gasteiger partial charge in [-0.25, -0.2) is 4.98 Å². The molecular weight excluding hydrogens is 382 g/mol. The summed E-state index contributed by atoms with van der Waals surface area (Å²) in [6, 6.07) is 10.3. The van der Waals surface area contributed by atoms with Crippen molar-refractivity contribution in [2.45, 2.75) is 19.3 Å². The van der Waals surface area contributed by atoms with Gasteiger partial charge < -0.3 is 19.8 Å². The van der Waals surface area contributed by atoms with Crippen molar-refractivity contribution in [3.63, 3.8) is 0 Å². The summed E-state index contributed by atoms with van der Waals surface area (Å²) in [5, 5.41) is 3.74. The van der Waals surface area contributed by atoms with Gasteiger partial charge in [0.15, 0.2) is 0 Å². The number of fused-ring (bicyclic) bond motifs is 1. The van der Waals surface area contributed by atoms with E-state index in [-0.39, 0.29) is 17.9 Å². The number of carbonyl (C=O) groups excluding carboxylic acids is 1. The van der Waals surface area contributed by atoms with Gasteiger partial charge in [-0.2, -0.15) is 0 Å². The lowest BCUT2D eigenvalue weighted by molar-refractivity contribution is -0.116. The maximum Gasteiger partial charge on any atom is 0.258 e. The summed E-state index contributed by atoms with van der Waals surface area (Å²) in [5.74, 6) is 1.25. The molecule has 0 spiro atoms. The quantitative estimate of drug-likeness (QED) is 0.631. The van der Waals surface area contributed by atoms with E-state index in [9.17, 15) is 9.59 Å². The largest absolute Gasteiger partial charge is 0.495 e. The molecule has 1 heterocycles. The average molecular weight is 402 g/mol. The van der Waals surface area contributed by atoms with E-state index in [0.717, 1.165) is 0 Å². The second-order valence-electron chi connectivity index (χ2n) is 6.12. The number of nitrogens with zero attached hydrogens (tertiary/aromatic N) is 1. The van der Waals surface area contributed by atoms with Crippen LogP contribution >= 0.6 is 11.6 Å². The fourth-order valence-corrected chi connectivity index (χ4v) is 3.07. The van der Waals surface area contributed by atoms with Crippen molar-refractivity contribution in [1.82, 2.24) is 9.97 Å². The minimum atomic E-state index is -0.189. The zero-order chi connectivity index (χ0) is 20.1. The molecule has 28 heavy (non-hydrogen) atoms. The van der Waals surface area contributed by atoms with Gasteiger partial charge in [-0.15, -0.1) is 0 Å². The first-order valence-electron chi connectivity index (χ1n) is 8.71. The van der Waals surface area contributed by atoms with E-state index in [1.807, 2.05) is 6.07 Å². The van der Waals surface area contributed by atoms with Crippen LogP contribution in [0.15, 0.2) is 41.2 Å². The molecule has 1 amide bonds. The Morgan fingerprint density at radius 2 is 1.93 bits per heavy atom. The topological polar surface area (TPSA) is 93.3 Å². The third kappa shape index (κ3) is 4.43. The molecule has 3 rings (SSSR count). The molecule has 3 aromatic rings. The number of ether oxygens (including phenoxy) is 2. The van der Waals surface area contributed by atoms with Crippen LogP contribution in [0.1, 0.15) is 18.7 Å². The van der Waals surface area contributed by atoms with Gasteiger partial charge in [0.1, 0.15) is 17.3 Å². The molecule has 0 fully saturated rings. The molecular formula is C20H20ClN3O4. The lowest BCUT2D eigenvalue weighted by Crippen LogP contribution is -2.14. The molecule has 0 saturated heterocycles. The Morgan fingerprint density at radius 3 is 2.68 bits per heavy atom. The molecule has 0 aliphatic rings. The number of H-pyrrole nitrogens is 1. The number of hydrogen-bond donors (Lipinski definition) is 2. The highest BCUT2D eigenvalue weighted by atomic mass is 35.5. The van der Waals surface area contributed by atoms with E-state index < -0.39 is 0 Å². The fraction of sp³-hybridized carbons (Fsp3) is 0.250. The molecule has 7 nitrogen and oxygen atoms in total. The molecule has 0 saturated carbocycles. The number of benzene rings is 2. The first-order valence-corrected chi connectivity index (χ1v) is 9.09. The van der Waals surface area contributed by atoms with Crippen molar-refractivity contribution < 1.29 is 14.3 Å². The third-order valence-corrected chi connectivity index (χ3v) is 4.52. The second-order valence-corrected chi connectivity index (χ2v) is 6.53. The summed E-state index contributed by atoms with van der Waals surface area (Å²) >= 11 is 6.07. The van der Waals surface area contributed by atoms with E-state index in [1.54, 1.807) is 30.3 Å². The SMILES string of the molecule is COc1cc(NC(=O)CCCc2nc3ccccc3c(=O)[nH]2)c(OC)cc1Cl. The van der Waals surface area contributed by atoms with Crippen molar-refractivity contribution >= 4 is 34.1 Å². The Bertz CT molecular complexity index is 1060. The summed E-state index contributed by atoms with van der Waals surface area (Å²) in [7, 11) is 2.99. The van der Waals surface area contributed by atoms with Crippen LogP contribution in [0.3, 0.4) is 0 Å². The number of anilines is 1. The molecule has 0 aliphatic carbocycles. The zero-order valence-electron chi connectivity index (χ0n) is 15.5. The first kappa shape index (κ1) is 19.7. The highest BCUT2D eigenvalue weighted by Crippen LogP contribution is 2.35. The fourth-order valence-electron chi connectivity index (χ4n) is 2.84. The van der Waals surface area contributed by atoms with Gasteiger partial charge in [0.05, 0.1) is 35.8 Å². The molecule has 0 radical (unpaired) electrons. The smallest absolute Gasteiger partial charge is 0.258 e. The van der Waals surface area contributed by atoms with Crippen LogP contribution < -0.4 is 20.3 Å². The van der Waals surface area contributed by atoms with Gasteiger partial charge in [-0.3, -0.25) is 9.59 Å². The number of amides is 1. The van der Waals surface area contributed by atoms with E-state index in [2.05, 4.69) is 15.3 Å². The van der Waals surface area contributed by atoms with E-state index >= 15 is 0 Å². The van der Waals surface area contributed by atoms with Crippen molar-refractivity contribution in [1.29, 1.82) is 0 Å². The van der Waals surface area contributed by atoms with Crippen LogP contribution in [-0.2, 0) is 11.2 Å². The molecule has 0 atom stereocenters. The van der Waals surface area contributed by atoms with Crippen molar-refractivity contribution in [2.24, 2.45) is 0 Å². The van der Waals surface area contributed by atoms with Gasteiger partial charge in [0.25, 0.3) is 5.56 Å². The van der Waals surface area contributed by atoms with Gasteiger partial charge in [-0.05, 0) is 18.6 Å². The van der Waals surface area contributed by atoms with Gasteiger partial charge >= 0.3 is 0 Å². The van der Waals surface area contributed by atoms with Crippen LogP contribution in [0, 0.1) is 0 Å². The monoisotopic (exact) mass is 401 g/mol. The average Bonchev–Trinajstić information content (AvgIpc) is 2.69. The van der Waals surface area contributed by atoms with Crippen LogP contribution in [0.4, 0.5) is 5.69 Å². The number of aromatic amines is 1. The Kier molecular flexibility index (Phi) is 6.16. The molecule has 8 heteroatoms. The van der Waals surface area contributed by atoms with E-state index in [1.165, 1.54) is 14.2 Å². The number of rotatable bonds is 7. The summed E-state index contributed by atoms with van der Waals surface area (Å²) in [4.78, 5) is 31.6. The highest BCUT2D eigenvalue weighted by molar-refractivity contribution is 6.32. The summed E-state index contributed by atoms with van der Waals surface area (Å²) in [6.45, 7) is 0. The van der Waals surface area contributed by atoms with E-state index in [0.29, 0.717) is 51.8 Å². The Balaban J connectivity index is 1.63. The minimum Gasteiger partial charge on any atom is -0.495 e. The number of aromatic nitrogens is 2. The Labute approximate surface area is 166 Å². The standard InChI is InChI=1S/C20H20ClN3O4/c1-27-16-11-15(17(28-2)10-13(16)21)23-19(25)9-5-8-18-22-14-7-4-3-6-12(14)20(26)24-18/h3-4,6-7,10-11H,5,8-9H2,1-2H3,(H,23,25)(H,22,24,26). The Hall–Kier alpha value is -3.06. The maximum atomic E-state index is 12.3.